The minimum absolute atomic E-state index is 0.0668. The number of amidine groups is 1. The van der Waals surface area contributed by atoms with Crippen molar-refractivity contribution in [2.45, 2.75) is 6.92 Å². The fraction of sp³-hybridized carbons (Fsp3) is 0.0667. The molecular weight excluding hydrogens is 296 g/mol. The maximum Gasteiger partial charge on any atom is 0.224 e. The number of guanidine groups is 1. The van der Waals surface area contributed by atoms with Crippen molar-refractivity contribution in [3.8, 4) is 0 Å². The molecular formula is C15H14N6S. The number of rotatable bonds is 2. The van der Waals surface area contributed by atoms with Gasteiger partial charge in [0.2, 0.25) is 11.1 Å². The fourth-order valence-electron chi connectivity index (χ4n) is 1.84. The predicted molar refractivity (Wildman–Crippen MR) is 90.6 cm³/mol. The average Bonchev–Trinajstić information content (AvgIpc) is 2.89. The highest BCUT2D eigenvalue weighted by Gasteiger charge is 2.04. The molecule has 1 aromatic carbocycles. The molecule has 110 valence electrons. The van der Waals surface area contributed by atoms with Crippen molar-refractivity contribution in [1.82, 2.24) is 9.97 Å². The SMILES string of the molecule is Cc1ccc(C(N)=NC(N)=Nc2nc3ccccc3s2)cn1. The van der Waals surface area contributed by atoms with Gasteiger partial charge in [0.05, 0.1) is 10.2 Å². The molecule has 0 unspecified atom stereocenters. The second-order valence-corrected chi connectivity index (χ2v) is 5.63. The summed E-state index contributed by atoms with van der Waals surface area (Å²) in [6.45, 7) is 1.90. The second kappa shape index (κ2) is 5.90. The number of benzene rings is 1. The third-order valence-electron chi connectivity index (χ3n) is 2.93. The highest BCUT2D eigenvalue weighted by molar-refractivity contribution is 7.22. The molecule has 0 spiro atoms. The van der Waals surface area contributed by atoms with E-state index < -0.39 is 0 Å². The van der Waals surface area contributed by atoms with Crippen LogP contribution in [-0.2, 0) is 0 Å². The Kier molecular flexibility index (Phi) is 3.80. The summed E-state index contributed by atoms with van der Waals surface area (Å²) in [6, 6.07) is 11.5. The Bertz CT molecular complexity index is 830. The molecule has 0 bridgehead atoms. The second-order valence-electron chi connectivity index (χ2n) is 4.62. The quantitative estimate of drug-likeness (QED) is 0.560. The number of para-hydroxylation sites is 1. The van der Waals surface area contributed by atoms with Crippen LogP contribution in [0, 0.1) is 6.92 Å². The molecule has 0 fully saturated rings. The van der Waals surface area contributed by atoms with Crippen molar-refractivity contribution >= 4 is 38.5 Å². The van der Waals surface area contributed by atoms with Gasteiger partial charge in [-0.25, -0.2) is 4.98 Å². The fourth-order valence-corrected chi connectivity index (χ4v) is 2.68. The Labute approximate surface area is 131 Å². The van der Waals surface area contributed by atoms with Gasteiger partial charge in [-0.2, -0.15) is 9.98 Å². The van der Waals surface area contributed by atoms with Crippen LogP contribution in [-0.4, -0.2) is 21.8 Å². The van der Waals surface area contributed by atoms with Crippen LogP contribution in [0.15, 0.2) is 52.6 Å². The molecule has 3 aromatic rings. The van der Waals surface area contributed by atoms with E-state index in [-0.39, 0.29) is 11.8 Å². The number of aliphatic imine (C=N–C) groups is 2. The van der Waals surface area contributed by atoms with Gasteiger partial charge in [-0.1, -0.05) is 23.5 Å². The lowest BCUT2D eigenvalue weighted by Gasteiger charge is -2.00. The van der Waals surface area contributed by atoms with Gasteiger partial charge in [0.25, 0.3) is 0 Å². The van der Waals surface area contributed by atoms with Crippen LogP contribution in [0.3, 0.4) is 0 Å². The van der Waals surface area contributed by atoms with Crippen LogP contribution >= 0.6 is 11.3 Å². The molecule has 0 radical (unpaired) electrons. The van der Waals surface area contributed by atoms with Crippen LogP contribution < -0.4 is 11.5 Å². The van der Waals surface area contributed by atoms with Crippen molar-refractivity contribution in [3.63, 3.8) is 0 Å². The van der Waals surface area contributed by atoms with Crippen molar-refractivity contribution in [1.29, 1.82) is 0 Å². The summed E-state index contributed by atoms with van der Waals surface area (Å²) in [5, 5.41) is 0.553. The van der Waals surface area contributed by atoms with Gasteiger partial charge < -0.3 is 11.5 Å². The molecule has 0 aliphatic heterocycles. The van der Waals surface area contributed by atoms with Crippen molar-refractivity contribution in [2.24, 2.45) is 21.5 Å². The maximum atomic E-state index is 5.91. The standard InChI is InChI=1S/C15H14N6S/c1-9-6-7-10(8-18-9)13(16)20-14(17)21-15-19-11-4-2-3-5-12(11)22-15/h2-8H,1H3,(H4,16,17,19,20,21). The van der Waals surface area contributed by atoms with Gasteiger partial charge in [-0.05, 0) is 31.2 Å². The highest BCUT2D eigenvalue weighted by atomic mass is 32.1. The summed E-state index contributed by atoms with van der Waals surface area (Å²) >= 11 is 1.45. The lowest BCUT2D eigenvalue weighted by molar-refractivity contribution is 1.19. The third kappa shape index (κ3) is 3.09. The van der Waals surface area contributed by atoms with Crippen LogP contribution in [0.5, 0.6) is 0 Å². The first-order valence-corrected chi connectivity index (χ1v) is 7.40. The average molecular weight is 310 g/mol. The molecule has 0 atom stereocenters. The molecule has 2 heterocycles. The van der Waals surface area contributed by atoms with E-state index in [1.807, 2.05) is 43.3 Å². The van der Waals surface area contributed by atoms with E-state index in [1.54, 1.807) is 6.20 Å². The zero-order valence-electron chi connectivity index (χ0n) is 11.9. The van der Waals surface area contributed by atoms with Gasteiger partial charge in [0.15, 0.2) is 0 Å². The van der Waals surface area contributed by atoms with E-state index >= 15 is 0 Å². The molecule has 7 heteroatoms. The minimum Gasteiger partial charge on any atom is -0.383 e. The summed E-state index contributed by atoms with van der Waals surface area (Å²) in [6.07, 6.45) is 1.65. The number of fused-ring (bicyclic) bond motifs is 1. The largest absolute Gasteiger partial charge is 0.383 e. The monoisotopic (exact) mass is 310 g/mol. The summed E-state index contributed by atoms with van der Waals surface area (Å²) in [5.41, 5.74) is 14.2. The van der Waals surface area contributed by atoms with Crippen LogP contribution in [0.1, 0.15) is 11.3 Å². The summed E-state index contributed by atoms with van der Waals surface area (Å²) < 4.78 is 1.05. The van der Waals surface area contributed by atoms with Crippen molar-refractivity contribution < 1.29 is 0 Å². The predicted octanol–water partition coefficient (Wildman–Crippen LogP) is 2.35. The Morgan fingerprint density at radius 2 is 1.95 bits per heavy atom. The zero-order chi connectivity index (χ0) is 15.5. The van der Waals surface area contributed by atoms with E-state index in [4.69, 9.17) is 11.5 Å². The van der Waals surface area contributed by atoms with Gasteiger partial charge in [0.1, 0.15) is 5.84 Å². The Morgan fingerprint density at radius 3 is 2.68 bits per heavy atom. The van der Waals surface area contributed by atoms with Gasteiger partial charge in [0, 0.05) is 17.5 Å². The normalized spacial score (nSPS) is 12.8. The van der Waals surface area contributed by atoms with Crippen LogP contribution in [0.25, 0.3) is 10.2 Å². The molecule has 3 rings (SSSR count). The maximum absolute atomic E-state index is 5.91. The van der Waals surface area contributed by atoms with E-state index in [0.717, 1.165) is 15.9 Å². The molecule has 6 nitrogen and oxygen atoms in total. The number of nitrogens with zero attached hydrogens (tertiary/aromatic N) is 4. The van der Waals surface area contributed by atoms with Gasteiger partial charge in [-0.15, -0.1) is 0 Å². The Morgan fingerprint density at radius 1 is 1.14 bits per heavy atom. The Hall–Kier alpha value is -2.80. The summed E-state index contributed by atoms with van der Waals surface area (Å²) in [4.78, 5) is 16.8. The minimum atomic E-state index is 0.0668. The first-order chi connectivity index (χ1) is 10.6. The molecule has 0 aliphatic rings. The molecule has 0 saturated heterocycles. The number of nitrogens with two attached hydrogens (primary N) is 2. The molecule has 22 heavy (non-hydrogen) atoms. The first-order valence-electron chi connectivity index (χ1n) is 6.59. The van der Waals surface area contributed by atoms with E-state index in [1.165, 1.54) is 11.3 Å². The molecule has 0 aliphatic carbocycles. The summed E-state index contributed by atoms with van der Waals surface area (Å²) in [7, 11) is 0. The zero-order valence-corrected chi connectivity index (χ0v) is 12.7. The molecule has 4 N–H and O–H groups in total. The van der Waals surface area contributed by atoms with E-state index in [2.05, 4.69) is 20.0 Å². The lowest BCUT2D eigenvalue weighted by atomic mass is 10.2. The Balaban J connectivity index is 1.87. The van der Waals surface area contributed by atoms with Crippen LogP contribution in [0.4, 0.5) is 5.13 Å². The number of aromatic nitrogens is 2. The molecule has 0 amide bonds. The number of thiazole rings is 1. The van der Waals surface area contributed by atoms with E-state index in [9.17, 15) is 0 Å². The topological polar surface area (TPSA) is 103 Å². The third-order valence-corrected chi connectivity index (χ3v) is 3.87. The number of pyridine rings is 1. The number of hydrogen-bond donors (Lipinski definition) is 2. The number of aryl methyl sites for hydroxylation is 1. The molecule has 2 aromatic heterocycles. The lowest BCUT2D eigenvalue weighted by Crippen LogP contribution is -2.19. The summed E-state index contributed by atoms with van der Waals surface area (Å²) in [5.74, 6) is 0.340. The van der Waals surface area contributed by atoms with Gasteiger partial charge in [-0.3, -0.25) is 4.98 Å². The van der Waals surface area contributed by atoms with Crippen LogP contribution in [0.2, 0.25) is 0 Å². The molecule has 0 saturated carbocycles. The van der Waals surface area contributed by atoms with E-state index in [0.29, 0.717) is 10.7 Å². The smallest absolute Gasteiger partial charge is 0.224 e. The van der Waals surface area contributed by atoms with Gasteiger partial charge >= 0.3 is 0 Å². The van der Waals surface area contributed by atoms with Crippen molar-refractivity contribution in [3.05, 3.63) is 53.9 Å². The highest BCUT2D eigenvalue weighted by Crippen LogP contribution is 2.27. The first kappa shape index (κ1) is 14.2. The van der Waals surface area contributed by atoms with Crippen molar-refractivity contribution in [2.75, 3.05) is 0 Å². The number of hydrogen-bond acceptors (Lipinski definition) is 4.